The molecule has 0 radical (unpaired) electrons. The second kappa shape index (κ2) is 8.44. The zero-order valence-corrected chi connectivity index (χ0v) is 14.9. The Morgan fingerprint density at radius 1 is 1.25 bits per heavy atom. The zero-order chi connectivity index (χ0) is 17.5. The van der Waals surface area contributed by atoms with Gasteiger partial charge in [0, 0.05) is 17.0 Å². The van der Waals surface area contributed by atoms with E-state index in [0.29, 0.717) is 13.0 Å². The fourth-order valence-corrected chi connectivity index (χ4v) is 2.81. The summed E-state index contributed by atoms with van der Waals surface area (Å²) in [5, 5.41) is 8.53. The molecule has 128 valence electrons. The van der Waals surface area contributed by atoms with Crippen LogP contribution in [-0.2, 0) is 11.3 Å². The normalized spacial score (nSPS) is 11.6. The molecule has 1 heterocycles. The van der Waals surface area contributed by atoms with Crippen LogP contribution in [0, 0.1) is 6.92 Å². The number of urea groups is 1. The number of anilines is 1. The number of amides is 3. The molecule has 24 heavy (non-hydrogen) atoms. The molecule has 7 heteroatoms. The number of hydrogen-bond acceptors (Lipinski definition) is 4. The van der Waals surface area contributed by atoms with Gasteiger partial charge in [0.25, 0.3) is 0 Å². The summed E-state index contributed by atoms with van der Waals surface area (Å²) < 4.78 is 0. The monoisotopic (exact) mass is 346 g/mol. The van der Waals surface area contributed by atoms with Crippen molar-refractivity contribution in [1.82, 2.24) is 15.6 Å². The molecule has 0 fully saturated rings. The van der Waals surface area contributed by atoms with Crippen molar-refractivity contribution in [2.75, 3.05) is 5.32 Å². The van der Waals surface area contributed by atoms with Gasteiger partial charge in [0.2, 0.25) is 5.91 Å². The van der Waals surface area contributed by atoms with Crippen molar-refractivity contribution in [3.8, 4) is 0 Å². The van der Waals surface area contributed by atoms with E-state index in [1.54, 1.807) is 5.51 Å². The van der Waals surface area contributed by atoms with Crippen LogP contribution in [0.5, 0.6) is 0 Å². The van der Waals surface area contributed by atoms with Crippen LogP contribution >= 0.6 is 11.3 Å². The number of carbonyl (C=O) groups is 2. The molecule has 6 nitrogen and oxygen atoms in total. The minimum absolute atomic E-state index is 0.0216. The minimum atomic E-state index is -0.223. The van der Waals surface area contributed by atoms with Crippen molar-refractivity contribution in [2.24, 2.45) is 0 Å². The first-order valence-electron chi connectivity index (χ1n) is 7.82. The van der Waals surface area contributed by atoms with Gasteiger partial charge in [0.1, 0.15) is 0 Å². The summed E-state index contributed by atoms with van der Waals surface area (Å²) in [5.74, 6) is -0.0216. The molecule has 0 aliphatic rings. The van der Waals surface area contributed by atoms with Gasteiger partial charge in [-0.25, -0.2) is 9.78 Å². The maximum Gasteiger partial charge on any atom is 0.315 e. The average Bonchev–Trinajstić information content (AvgIpc) is 2.98. The van der Waals surface area contributed by atoms with Gasteiger partial charge < -0.3 is 16.0 Å². The molecule has 0 unspecified atom stereocenters. The van der Waals surface area contributed by atoms with Gasteiger partial charge in [-0.1, -0.05) is 19.1 Å². The third-order valence-corrected chi connectivity index (χ3v) is 4.55. The van der Waals surface area contributed by atoms with Crippen LogP contribution in [0.4, 0.5) is 10.5 Å². The van der Waals surface area contributed by atoms with Gasteiger partial charge in [-0.2, -0.15) is 0 Å². The highest BCUT2D eigenvalue weighted by Gasteiger charge is 2.10. The summed E-state index contributed by atoms with van der Waals surface area (Å²) in [6.07, 6.45) is 0.444. The SMILES string of the molecule is CCC(=O)Nc1ccc([C@@H](C)NC(=O)NCc2scnc2C)cc1. The number of carbonyl (C=O) groups excluding carboxylic acids is 2. The molecule has 1 atom stereocenters. The van der Waals surface area contributed by atoms with E-state index in [2.05, 4.69) is 20.9 Å². The van der Waals surface area contributed by atoms with E-state index in [4.69, 9.17) is 0 Å². The summed E-state index contributed by atoms with van der Waals surface area (Å²) in [6, 6.07) is 7.09. The largest absolute Gasteiger partial charge is 0.333 e. The van der Waals surface area contributed by atoms with E-state index in [1.165, 1.54) is 11.3 Å². The molecular formula is C17H22N4O2S. The highest BCUT2D eigenvalue weighted by Crippen LogP contribution is 2.16. The summed E-state index contributed by atoms with van der Waals surface area (Å²) in [5.41, 5.74) is 4.43. The summed E-state index contributed by atoms with van der Waals surface area (Å²) >= 11 is 1.53. The lowest BCUT2D eigenvalue weighted by Crippen LogP contribution is -2.36. The molecule has 1 aromatic carbocycles. The molecule has 3 amide bonds. The Balaban J connectivity index is 1.84. The molecule has 0 saturated carbocycles. The van der Waals surface area contributed by atoms with Crippen molar-refractivity contribution in [3.63, 3.8) is 0 Å². The number of rotatable bonds is 6. The first-order valence-corrected chi connectivity index (χ1v) is 8.70. The van der Waals surface area contributed by atoms with Crippen LogP contribution in [0.3, 0.4) is 0 Å². The summed E-state index contributed by atoms with van der Waals surface area (Å²) in [4.78, 5) is 28.6. The van der Waals surface area contributed by atoms with Crippen LogP contribution in [0.25, 0.3) is 0 Å². The molecule has 1 aromatic heterocycles. The lowest BCUT2D eigenvalue weighted by Gasteiger charge is -2.15. The average molecular weight is 346 g/mol. The van der Waals surface area contributed by atoms with Crippen molar-refractivity contribution < 1.29 is 9.59 Å². The van der Waals surface area contributed by atoms with Crippen LogP contribution in [0.2, 0.25) is 0 Å². The molecule has 0 bridgehead atoms. The predicted molar refractivity (Wildman–Crippen MR) is 96.0 cm³/mol. The molecule has 2 rings (SSSR count). The number of aryl methyl sites for hydroxylation is 1. The van der Waals surface area contributed by atoms with E-state index in [9.17, 15) is 9.59 Å². The second-order valence-corrected chi connectivity index (χ2v) is 6.37. The van der Waals surface area contributed by atoms with Crippen LogP contribution in [0.15, 0.2) is 29.8 Å². The smallest absolute Gasteiger partial charge is 0.315 e. The number of hydrogen-bond donors (Lipinski definition) is 3. The number of benzene rings is 1. The summed E-state index contributed by atoms with van der Waals surface area (Å²) in [7, 11) is 0. The minimum Gasteiger partial charge on any atom is -0.333 e. The van der Waals surface area contributed by atoms with E-state index in [-0.39, 0.29) is 18.0 Å². The number of thiazole rings is 1. The number of nitrogens with one attached hydrogen (secondary N) is 3. The van der Waals surface area contributed by atoms with Crippen molar-refractivity contribution in [2.45, 2.75) is 39.8 Å². The fraction of sp³-hybridized carbons (Fsp3) is 0.353. The Morgan fingerprint density at radius 2 is 1.96 bits per heavy atom. The molecule has 0 aliphatic heterocycles. The topological polar surface area (TPSA) is 83.1 Å². The standard InChI is InChI=1S/C17H22N4O2S/c1-4-16(22)21-14-7-5-13(6-8-14)11(2)20-17(23)18-9-15-12(3)19-10-24-15/h5-8,10-11H,4,9H2,1-3H3,(H,21,22)(H2,18,20,23)/t11-/m1/s1. The molecule has 2 aromatic rings. The van der Waals surface area contributed by atoms with Crippen LogP contribution in [0.1, 0.15) is 42.4 Å². The van der Waals surface area contributed by atoms with Crippen molar-refractivity contribution in [3.05, 3.63) is 45.9 Å². The van der Waals surface area contributed by atoms with E-state index in [1.807, 2.05) is 45.0 Å². The van der Waals surface area contributed by atoms with Crippen molar-refractivity contribution >= 4 is 29.0 Å². The Labute approximate surface area is 145 Å². The Kier molecular flexibility index (Phi) is 6.31. The van der Waals surface area contributed by atoms with E-state index in [0.717, 1.165) is 21.8 Å². The maximum atomic E-state index is 12.0. The Morgan fingerprint density at radius 3 is 2.54 bits per heavy atom. The predicted octanol–water partition coefficient (Wildman–Crippen LogP) is 3.36. The third-order valence-electron chi connectivity index (χ3n) is 3.62. The lowest BCUT2D eigenvalue weighted by molar-refractivity contribution is -0.115. The quantitative estimate of drug-likeness (QED) is 0.750. The second-order valence-electron chi connectivity index (χ2n) is 5.43. The first kappa shape index (κ1) is 17.9. The molecule has 0 aliphatic carbocycles. The van der Waals surface area contributed by atoms with Gasteiger partial charge >= 0.3 is 6.03 Å². The number of aromatic nitrogens is 1. The van der Waals surface area contributed by atoms with Gasteiger partial charge in [-0.3, -0.25) is 4.79 Å². The zero-order valence-electron chi connectivity index (χ0n) is 14.1. The molecular weight excluding hydrogens is 324 g/mol. The highest BCUT2D eigenvalue weighted by molar-refractivity contribution is 7.09. The van der Waals surface area contributed by atoms with Gasteiger partial charge in [-0.05, 0) is 31.5 Å². The number of nitrogens with zero attached hydrogens (tertiary/aromatic N) is 1. The van der Waals surface area contributed by atoms with E-state index >= 15 is 0 Å². The van der Waals surface area contributed by atoms with E-state index < -0.39 is 0 Å². The molecule has 0 saturated heterocycles. The van der Waals surface area contributed by atoms with Crippen LogP contribution in [-0.4, -0.2) is 16.9 Å². The Bertz CT molecular complexity index is 697. The third kappa shape index (κ3) is 5.06. The lowest BCUT2D eigenvalue weighted by atomic mass is 10.1. The Hall–Kier alpha value is -2.41. The van der Waals surface area contributed by atoms with Crippen LogP contribution < -0.4 is 16.0 Å². The summed E-state index contributed by atoms with van der Waals surface area (Å²) in [6.45, 7) is 6.11. The first-order chi connectivity index (χ1) is 11.5. The molecule has 0 spiro atoms. The van der Waals surface area contributed by atoms with Gasteiger partial charge in [0.15, 0.2) is 0 Å². The molecule has 3 N–H and O–H groups in total. The van der Waals surface area contributed by atoms with Gasteiger partial charge in [-0.15, -0.1) is 11.3 Å². The highest BCUT2D eigenvalue weighted by atomic mass is 32.1. The van der Waals surface area contributed by atoms with Crippen molar-refractivity contribution in [1.29, 1.82) is 0 Å². The fourth-order valence-electron chi connectivity index (χ4n) is 2.09. The maximum absolute atomic E-state index is 12.0. The van der Waals surface area contributed by atoms with Gasteiger partial charge in [0.05, 0.1) is 23.8 Å².